The number of hydrogen-bond acceptors (Lipinski definition) is 2. The standard InChI is InChI=1S/C13H15ClN2/c1-5-6-10-8-15-12(14)7-11(10)9-16-13(2,3)4/h7-9H,1-4H3. The van der Waals surface area contributed by atoms with Crippen molar-refractivity contribution in [1.29, 1.82) is 0 Å². The molecule has 1 rings (SSSR count). The summed E-state index contributed by atoms with van der Waals surface area (Å²) >= 11 is 5.85. The van der Waals surface area contributed by atoms with Crippen molar-refractivity contribution in [3.05, 3.63) is 28.5 Å². The maximum atomic E-state index is 5.85. The lowest BCUT2D eigenvalue weighted by Crippen LogP contribution is -2.10. The molecule has 84 valence electrons. The first-order valence-electron chi connectivity index (χ1n) is 5.06. The molecule has 1 aromatic heterocycles. The van der Waals surface area contributed by atoms with E-state index in [4.69, 9.17) is 11.6 Å². The molecule has 0 aliphatic rings. The number of aromatic nitrogens is 1. The lowest BCUT2D eigenvalue weighted by molar-refractivity contribution is 0.586. The number of nitrogens with zero attached hydrogens (tertiary/aromatic N) is 2. The minimum atomic E-state index is -0.105. The molecule has 0 unspecified atom stereocenters. The third-order valence-electron chi connectivity index (χ3n) is 1.75. The predicted molar refractivity (Wildman–Crippen MR) is 69.1 cm³/mol. The van der Waals surface area contributed by atoms with E-state index in [-0.39, 0.29) is 5.54 Å². The fourth-order valence-corrected chi connectivity index (χ4v) is 1.22. The van der Waals surface area contributed by atoms with Crippen LogP contribution in [0.5, 0.6) is 0 Å². The second-order valence-electron chi connectivity index (χ2n) is 4.40. The maximum Gasteiger partial charge on any atom is 0.129 e. The predicted octanol–water partition coefficient (Wildman–Crippen LogP) is 3.32. The molecule has 2 nitrogen and oxygen atoms in total. The molecule has 0 radical (unpaired) electrons. The van der Waals surface area contributed by atoms with Gasteiger partial charge in [-0.05, 0) is 33.8 Å². The van der Waals surface area contributed by atoms with Gasteiger partial charge in [0.1, 0.15) is 5.15 Å². The first-order valence-corrected chi connectivity index (χ1v) is 5.44. The Morgan fingerprint density at radius 3 is 2.69 bits per heavy atom. The van der Waals surface area contributed by atoms with Crippen LogP contribution in [0.2, 0.25) is 5.15 Å². The van der Waals surface area contributed by atoms with E-state index < -0.39 is 0 Å². The van der Waals surface area contributed by atoms with Crippen molar-refractivity contribution in [3.8, 4) is 11.8 Å². The van der Waals surface area contributed by atoms with Crippen LogP contribution < -0.4 is 0 Å². The van der Waals surface area contributed by atoms with Gasteiger partial charge < -0.3 is 0 Å². The Hall–Kier alpha value is -1.33. The Labute approximate surface area is 102 Å². The molecule has 0 N–H and O–H groups in total. The highest BCUT2D eigenvalue weighted by atomic mass is 35.5. The van der Waals surface area contributed by atoms with Gasteiger partial charge >= 0.3 is 0 Å². The van der Waals surface area contributed by atoms with Gasteiger partial charge in [0.25, 0.3) is 0 Å². The van der Waals surface area contributed by atoms with E-state index in [1.54, 1.807) is 25.4 Å². The van der Waals surface area contributed by atoms with E-state index in [2.05, 4.69) is 21.8 Å². The molecular weight excluding hydrogens is 220 g/mol. The SMILES string of the molecule is CC#Cc1cnc(Cl)cc1C=NC(C)(C)C. The van der Waals surface area contributed by atoms with Gasteiger partial charge in [0, 0.05) is 18.0 Å². The molecule has 0 aromatic carbocycles. The van der Waals surface area contributed by atoms with Gasteiger partial charge in [-0.15, -0.1) is 5.92 Å². The molecule has 16 heavy (non-hydrogen) atoms. The first kappa shape index (κ1) is 12.7. The maximum absolute atomic E-state index is 5.85. The summed E-state index contributed by atoms with van der Waals surface area (Å²) in [6, 6.07) is 1.77. The van der Waals surface area contributed by atoms with Crippen LogP contribution in [0.4, 0.5) is 0 Å². The fraction of sp³-hybridized carbons (Fsp3) is 0.385. The second kappa shape index (κ2) is 5.14. The zero-order chi connectivity index (χ0) is 12.2. The highest BCUT2D eigenvalue weighted by molar-refractivity contribution is 6.29. The van der Waals surface area contributed by atoms with E-state index in [1.165, 1.54) is 0 Å². The van der Waals surface area contributed by atoms with Crippen molar-refractivity contribution in [2.24, 2.45) is 4.99 Å². The fourth-order valence-electron chi connectivity index (χ4n) is 1.05. The summed E-state index contributed by atoms with van der Waals surface area (Å²) in [6.45, 7) is 7.91. The third kappa shape index (κ3) is 4.04. The van der Waals surface area contributed by atoms with Gasteiger partial charge in [-0.25, -0.2) is 4.98 Å². The van der Waals surface area contributed by atoms with E-state index in [0.717, 1.165) is 11.1 Å². The summed E-state index contributed by atoms with van der Waals surface area (Å²) < 4.78 is 0. The van der Waals surface area contributed by atoms with Crippen molar-refractivity contribution in [1.82, 2.24) is 4.98 Å². The average Bonchev–Trinajstić information content (AvgIpc) is 2.17. The summed E-state index contributed by atoms with van der Waals surface area (Å²) in [5, 5.41) is 0.456. The Morgan fingerprint density at radius 1 is 1.44 bits per heavy atom. The van der Waals surface area contributed by atoms with Gasteiger partial charge in [-0.1, -0.05) is 17.5 Å². The Morgan fingerprint density at radius 2 is 2.12 bits per heavy atom. The summed E-state index contributed by atoms with van der Waals surface area (Å²) in [4.78, 5) is 8.44. The van der Waals surface area contributed by atoms with Crippen LogP contribution in [0.1, 0.15) is 38.8 Å². The number of halogens is 1. The van der Waals surface area contributed by atoms with Crippen LogP contribution in [-0.4, -0.2) is 16.7 Å². The molecule has 0 amide bonds. The van der Waals surface area contributed by atoms with Gasteiger partial charge in [0.2, 0.25) is 0 Å². The van der Waals surface area contributed by atoms with Crippen molar-refractivity contribution in [2.45, 2.75) is 33.2 Å². The normalized spacial score (nSPS) is 11.3. The molecular formula is C13H15ClN2. The van der Waals surface area contributed by atoms with Crippen molar-refractivity contribution < 1.29 is 0 Å². The molecule has 0 saturated carbocycles. The van der Waals surface area contributed by atoms with Crippen LogP contribution in [0.25, 0.3) is 0 Å². The van der Waals surface area contributed by atoms with E-state index in [9.17, 15) is 0 Å². The first-order chi connectivity index (χ1) is 7.42. The number of aliphatic imine (C=N–C) groups is 1. The monoisotopic (exact) mass is 234 g/mol. The van der Waals surface area contributed by atoms with Crippen molar-refractivity contribution in [3.63, 3.8) is 0 Å². The third-order valence-corrected chi connectivity index (χ3v) is 1.96. The summed E-state index contributed by atoms with van der Waals surface area (Å²) in [6.07, 6.45) is 3.47. The molecule has 0 spiro atoms. The smallest absolute Gasteiger partial charge is 0.129 e. The summed E-state index contributed by atoms with van der Waals surface area (Å²) in [5.74, 6) is 5.82. The summed E-state index contributed by atoms with van der Waals surface area (Å²) in [7, 11) is 0. The Bertz CT molecular complexity index is 459. The molecule has 0 aliphatic heterocycles. The largest absolute Gasteiger partial charge is 0.287 e. The van der Waals surface area contributed by atoms with Crippen LogP contribution in [-0.2, 0) is 0 Å². The Kier molecular flexibility index (Phi) is 4.09. The molecule has 0 atom stereocenters. The van der Waals surface area contributed by atoms with E-state index >= 15 is 0 Å². The topological polar surface area (TPSA) is 25.2 Å². The summed E-state index contributed by atoms with van der Waals surface area (Å²) in [5.41, 5.74) is 1.65. The van der Waals surface area contributed by atoms with Crippen molar-refractivity contribution in [2.75, 3.05) is 0 Å². The van der Waals surface area contributed by atoms with E-state index in [1.807, 2.05) is 20.8 Å². The molecule has 0 bridgehead atoms. The van der Waals surface area contributed by atoms with Crippen molar-refractivity contribution >= 4 is 17.8 Å². The lowest BCUT2D eigenvalue weighted by Gasteiger charge is -2.11. The number of rotatable bonds is 1. The van der Waals surface area contributed by atoms with Gasteiger partial charge in [0.15, 0.2) is 0 Å². The van der Waals surface area contributed by atoms with E-state index in [0.29, 0.717) is 5.15 Å². The molecule has 1 aromatic rings. The molecule has 0 saturated heterocycles. The molecule has 3 heteroatoms. The van der Waals surface area contributed by atoms with Crippen LogP contribution >= 0.6 is 11.6 Å². The highest BCUT2D eigenvalue weighted by Gasteiger charge is 2.06. The van der Waals surface area contributed by atoms with Crippen LogP contribution in [0, 0.1) is 11.8 Å². The zero-order valence-electron chi connectivity index (χ0n) is 10.0. The van der Waals surface area contributed by atoms with Gasteiger partial charge in [-0.3, -0.25) is 4.99 Å². The molecule has 0 fully saturated rings. The Balaban J connectivity index is 3.14. The minimum Gasteiger partial charge on any atom is -0.287 e. The highest BCUT2D eigenvalue weighted by Crippen LogP contribution is 2.12. The molecule has 0 aliphatic carbocycles. The number of pyridine rings is 1. The lowest BCUT2D eigenvalue weighted by atomic mass is 10.1. The quantitative estimate of drug-likeness (QED) is 0.416. The van der Waals surface area contributed by atoms with Gasteiger partial charge in [0.05, 0.1) is 11.1 Å². The molecule has 1 heterocycles. The zero-order valence-corrected chi connectivity index (χ0v) is 10.8. The average molecular weight is 235 g/mol. The second-order valence-corrected chi connectivity index (χ2v) is 4.79. The van der Waals surface area contributed by atoms with Gasteiger partial charge in [-0.2, -0.15) is 0 Å². The van der Waals surface area contributed by atoms with Crippen LogP contribution in [0.3, 0.4) is 0 Å². The minimum absolute atomic E-state index is 0.105. The van der Waals surface area contributed by atoms with Crippen LogP contribution in [0.15, 0.2) is 17.3 Å². The number of hydrogen-bond donors (Lipinski definition) is 0.